The second-order valence-corrected chi connectivity index (χ2v) is 8.77. The molecule has 162 valence electrons. The van der Waals surface area contributed by atoms with Crippen LogP contribution < -0.4 is 5.32 Å². The van der Waals surface area contributed by atoms with Crippen molar-refractivity contribution in [2.24, 2.45) is 5.10 Å². The summed E-state index contributed by atoms with van der Waals surface area (Å²) in [5.41, 5.74) is 2.22. The van der Waals surface area contributed by atoms with Gasteiger partial charge in [-0.3, -0.25) is 4.90 Å². The number of nitrogens with zero attached hydrogens (tertiary/aromatic N) is 4. The van der Waals surface area contributed by atoms with Gasteiger partial charge in [0.1, 0.15) is 12.2 Å². The Morgan fingerprint density at radius 1 is 1.26 bits per heavy atom. The van der Waals surface area contributed by atoms with Crippen molar-refractivity contribution in [2.45, 2.75) is 56.5 Å². The molecule has 1 unspecified atom stereocenters. The van der Waals surface area contributed by atoms with Gasteiger partial charge < -0.3 is 10.4 Å². The quantitative estimate of drug-likeness (QED) is 0.691. The highest BCUT2D eigenvalue weighted by atomic mass is 35.5. The molecule has 0 amide bonds. The van der Waals surface area contributed by atoms with E-state index >= 15 is 0 Å². The molecule has 5 rings (SSSR count). The van der Waals surface area contributed by atoms with Gasteiger partial charge in [-0.05, 0) is 62.2 Å². The van der Waals surface area contributed by atoms with E-state index in [1.165, 1.54) is 6.20 Å². The topological polar surface area (TPSA) is 81.1 Å². The minimum Gasteiger partial charge on any atom is -0.479 e. The first kappa shape index (κ1) is 20.1. The van der Waals surface area contributed by atoms with E-state index in [0.717, 1.165) is 37.0 Å². The molecular formula is C22H23ClFN5O2. The first-order valence-electron chi connectivity index (χ1n) is 10.5. The predicted octanol–water partition coefficient (Wildman–Crippen LogP) is 3.83. The van der Waals surface area contributed by atoms with E-state index in [1.807, 2.05) is 23.4 Å². The summed E-state index contributed by atoms with van der Waals surface area (Å²) in [4.78, 5) is 17.7. The zero-order valence-electron chi connectivity index (χ0n) is 16.8. The van der Waals surface area contributed by atoms with Crippen LogP contribution in [0.4, 0.5) is 4.39 Å². The fourth-order valence-corrected chi connectivity index (χ4v) is 5.21. The monoisotopic (exact) mass is 443 g/mol. The van der Waals surface area contributed by atoms with Gasteiger partial charge in [0.15, 0.2) is 6.04 Å². The van der Waals surface area contributed by atoms with E-state index in [2.05, 4.69) is 15.4 Å². The van der Waals surface area contributed by atoms with Gasteiger partial charge in [-0.2, -0.15) is 9.49 Å². The Labute approximate surface area is 184 Å². The third kappa shape index (κ3) is 3.59. The van der Waals surface area contributed by atoms with Crippen LogP contribution in [0, 0.1) is 5.95 Å². The van der Waals surface area contributed by atoms with Gasteiger partial charge in [0.05, 0.1) is 6.04 Å². The molecule has 1 fully saturated rings. The summed E-state index contributed by atoms with van der Waals surface area (Å²) in [5.74, 6) is -0.457. The fourth-order valence-electron chi connectivity index (χ4n) is 5.01. The summed E-state index contributed by atoms with van der Waals surface area (Å²) in [6.45, 7) is 0. The average Bonchev–Trinajstić information content (AvgIpc) is 3.10. The maximum atomic E-state index is 14.1. The number of nitrogens with one attached hydrogen (secondary N) is 1. The summed E-state index contributed by atoms with van der Waals surface area (Å²) in [6, 6.07) is 2.88. The molecule has 1 saturated carbocycles. The summed E-state index contributed by atoms with van der Waals surface area (Å²) in [5, 5.41) is 20.4. The molecule has 1 aromatic rings. The zero-order valence-corrected chi connectivity index (χ0v) is 17.6. The standard InChI is InChI=1S/C22H23ClFN5O2/c23-14-5-8-17-18(10-14)26-11-19-28(20(17)22(30)31)12-27-29(19)15-6-3-13(4-7-15)16-2-1-9-25-21(16)24/h1-2,9-13,15,20,26H,3-8H2,(H,30,31)/t13-,15-,20?. The highest BCUT2D eigenvalue weighted by Gasteiger charge is 2.41. The van der Waals surface area contributed by atoms with Gasteiger partial charge in [0.25, 0.3) is 0 Å². The fraction of sp³-hybridized carbons (Fsp3) is 0.409. The number of aromatic nitrogens is 1. The number of fused-ring (bicyclic) bond motifs is 1. The van der Waals surface area contributed by atoms with Crippen LogP contribution in [-0.2, 0) is 4.79 Å². The van der Waals surface area contributed by atoms with E-state index in [4.69, 9.17) is 11.6 Å². The first-order chi connectivity index (χ1) is 15.0. The largest absolute Gasteiger partial charge is 0.479 e. The number of hydrazone groups is 1. The van der Waals surface area contributed by atoms with Crippen LogP contribution in [0.1, 0.15) is 50.0 Å². The molecule has 1 atom stereocenters. The average molecular weight is 444 g/mol. The number of carbonyl (C=O) groups is 1. The van der Waals surface area contributed by atoms with E-state index < -0.39 is 12.0 Å². The third-order valence-electron chi connectivity index (χ3n) is 6.55. The van der Waals surface area contributed by atoms with Crippen molar-refractivity contribution in [3.63, 3.8) is 0 Å². The Balaban J connectivity index is 1.35. The van der Waals surface area contributed by atoms with E-state index in [9.17, 15) is 14.3 Å². The molecule has 0 aromatic carbocycles. The molecule has 0 spiro atoms. The molecule has 0 radical (unpaired) electrons. The van der Waals surface area contributed by atoms with Crippen molar-refractivity contribution in [1.82, 2.24) is 20.2 Å². The lowest BCUT2D eigenvalue weighted by molar-refractivity contribution is -0.140. The van der Waals surface area contributed by atoms with Gasteiger partial charge >= 0.3 is 5.97 Å². The Morgan fingerprint density at radius 2 is 2.06 bits per heavy atom. The molecule has 7 nitrogen and oxygen atoms in total. The minimum absolute atomic E-state index is 0.119. The van der Waals surface area contributed by atoms with Crippen LogP contribution in [0.2, 0.25) is 0 Å². The molecule has 4 aliphatic rings. The number of allylic oxidation sites excluding steroid dienone is 2. The SMILES string of the molecule is O=C(O)C1C2=C(C=C(Cl)CC2)NC=C2N1C=NN2[C@H]1CC[C@H](c2cccnc2F)CC1. The van der Waals surface area contributed by atoms with Gasteiger partial charge in [-0.1, -0.05) is 17.7 Å². The second kappa shape index (κ2) is 8.00. The summed E-state index contributed by atoms with van der Waals surface area (Å²) < 4.78 is 14.1. The minimum atomic E-state index is -0.919. The summed E-state index contributed by atoms with van der Waals surface area (Å²) in [6.07, 6.45) is 11.2. The number of pyridine rings is 1. The number of carboxylic acids is 1. The first-order valence-corrected chi connectivity index (χ1v) is 10.9. The predicted molar refractivity (Wildman–Crippen MR) is 114 cm³/mol. The Morgan fingerprint density at radius 3 is 2.81 bits per heavy atom. The molecule has 0 bridgehead atoms. The molecule has 1 aromatic heterocycles. The molecule has 2 N–H and O–H groups in total. The highest BCUT2D eigenvalue weighted by molar-refractivity contribution is 6.29. The van der Waals surface area contributed by atoms with Crippen LogP contribution in [0.15, 0.2) is 57.8 Å². The molecule has 2 aliphatic heterocycles. The Kier molecular flexibility index (Phi) is 5.17. The van der Waals surface area contributed by atoms with Crippen LogP contribution in [0.3, 0.4) is 0 Å². The number of halogens is 2. The number of rotatable bonds is 3. The summed E-state index contributed by atoms with van der Waals surface area (Å²) in [7, 11) is 0. The van der Waals surface area contributed by atoms with Crippen molar-refractivity contribution >= 4 is 23.9 Å². The number of hydrogen-bond donors (Lipinski definition) is 2. The van der Waals surface area contributed by atoms with E-state index in [-0.39, 0.29) is 17.9 Å². The second-order valence-electron chi connectivity index (χ2n) is 8.29. The lowest BCUT2D eigenvalue weighted by Gasteiger charge is -2.35. The van der Waals surface area contributed by atoms with Crippen molar-refractivity contribution in [2.75, 3.05) is 0 Å². The van der Waals surface area contributed by atoms with Crippen molar-refractivity contribution in [1.29, 1.82) is 0 Å². The number of hydrogen-bond acceptors (Lipinski definition) is 6. The zero-order chi connectivity index (χ0) is 21.5. The van der Waals surface area contributed by atoms with Gasteiger partial charge in [0.2, 0.25) is 5.95 Å². The van der Waals surface area contributed by atoms with E-state index in [1.54, 1.807) is 17.3 Å². The van der Waals surface area contributed by atoms with Crippen LogP contribution in [-0.4, -0.2) is 44.4 Å². The van der Waals surface area contributed by atoms with Gasteiger partial charge in [-0.15, -0.1) is 0 Å². The van der Waals surface area contributed by atoms with Gasteiger partial charge in [0, 0.05) is 28.7 Å². The molecule has 9 heteroatoms. The smallest absolute Gasteiger partial charge is 0.331 e. The maximum Gasteiger partial charge on any atom is 0.331 e. The Bertz CT molecular complexity index is 1030. The molecule has 31 heavy (non-hydrogen) atoms. The maximum absolute atomic E-state index is 14.1. The van der Waals surface area contributed by atoms with Gasteiger partial charge in [-0.25, -0.2) is 14.8 Å². The van der Waals surface area contributed by atoms with Crippen LogP contribution in [0.5, 0.6) is 0 Å². The Hall–Kier alpha value is -2.87. The molecule has 2 aliphatic carbocycles. The lowest BCUT2D eigenvalue weighted by atomic mass is 9.82. The number of aliphatic carboxylic acids is 1. The normalized spacial score (nSPS) is 27.7. The van der Waals surface area contributed by atoms with Crippen LogP contribution in [0.25, 0.3) is 0 Å². The van der Waals surface area contributed by atoms with Crippen molar-refractivity contribution < 1.29 is 14.3 Å². The van der Waals surface area contributed by atoms with Crippen LogP contribution >= 0.6 is 11.6 Å². The van der Waals surface area contributed by atoms with Crippen molar-refractivity contribution in [3.8, 4) is 0 Å². The third-order valence-corrected chi connectivity index (χ3v) is 6.85. The molecule has 3 heterocycles. The number of carboxylic acid groups (broad SMARTS) is 1. The summed E-state index contributed by atoms with van der Waals surface area (Å²) >= 11 is 6.20. The molecule has 0 saturated heterocycles. The van der Waals surface area contributed by atoms with E-state index in [0.29, 0.717) is 29.3 Å². The lowest BCUT2D eigenvalue weighted by Crippen LogP contribution is -2.43. The van der Waals surface area contributed by atoms with Crippen molar-refractivity contribution in [3.05, 3.63) is 64.2 Å². The highest BCUT2D eigenvalue weighted by Crippen LogP contribution is 2.40. The molecular weight excluding hydrogens is 421 g/mol.